The van der Waals surface area contributed by atoms with Crippen LogP contribution in [0.4, 0.5) is 5.69 Å². The van der Waals surface area contributed by atoms with Gasteiger partial charge >= 0.3 is 0 Å². The fourth-order valence-electron chi connectivity index (χ4n) is 1.96. The van der Waals surface area contributed by atoms with E-state index in [1.807, 2.05) is 57.1 Å². The maximum atomic E-state index is 11.7. The Morgan fingerprint density at radius 3 is 2.26 bits per heavy atom. The monoisotopic (exact) mass is 284 g/mol. The largest absolute Gasteiger partial charge is 0.378 e. The molecular weight excluding hydrogens is 260 g/mol. The van der Waals surface area contributed by atoms with Gasteiger partial charge in [-0.1, -0.05) is 19.1 Å². The molecule has 0 radical (unpaired) electrons. The molecule has 5 heteroatoms. The normalized spacial score (nSPS) is 13.3. The highest BCUT2D eigenvalue weighted by Gasteiger charge is 2.13. The van der Waals surface area contributed by atoms with Crippen LogP contribution >= 0.6 is 0 Å². The molecule has 0 aliphatic rings. The van der Waals surface area contributed by atoms with Crippen molar-refractivity contribution >= 4 is 15.7 Å². The average molecular weight is 284 g/mol. The zero-order chi connectivity index (χ0) is 14.5. The van der Waals surface area contributed by atoms with Crippen molar-refractivity contribution in [3.8, 4) is 0 Å². The van der Waals surface area contributed by atoms with Crippen molar-refractivity contribution in [2.24, 2.45) is 0 Å². The van der Waals surface area contributed by atoms with Crippen LogP contribution in [0.25, 0.3) is 0 Å². The Kier molecular flexibility index (Phi) is 5.82. The summed E-state index contributed by atoms with van der Waals surface area (Å²) in [7, 11) is 0.862. The second-order valence-electron chi connectivity index (χ2n) is 5.10. The number of nitrogens with one attached hydrogen (secondary N) is 1. The number of nitrogens with zero attached hydrogens (tertiary/aromatic N) is 1. The second kappa shape index (κ2) is 6.91. The number of hydrogen-bond acceptors (Lipinski definition) is 3. The van der Waals surface area contributed by atoms with Crippen molar-refractivity contribution in [1.82, 2.24) is 4.72 Å². The van der Waals surface area contributed by atoms with Gasteiger partial charge in [0.15, 0.2) is 0 Å². The van der Waals surface area contributed by atoms with Gasteiger partial charge in [0.2, 0.25) is 10.0 Å². The second-order valence-corrected chi connectivity index (χ2v) is 6.98. The van der Waals surface area contributed by atoms with Crippen LogP contribution in [-0.4, -0.2) is 34.3 Å². The van der Waals surface area contributed by atoms with Crippen molar-refractivity contribution in [1.29, 1.82) is 0 Å². The van der Waals surface area contributed by atoms with E-state index in [9.17, 15) is 8.42 Å². The number of hydrogen-bond donors (Lipinski definition) is 1. The molecule has 1 aromatic rings. The zero-order valence-corrected chi connectivity index (χ0v) is 13.0. The summed E-state index contributed by atoms with van der Waals surface area (Å²) in [5.74, 6) is 0.191. The SMILES string of the molecule is CCCS(=O)(=O)N[C@H](C)Cc1ccc(N(C)C)cc1. The van der Waals surface area contributed by atoms with Crippen molar-refractivity contribution in [2.75, 3.05) is 24.7 Å². The molecule has 0 saturated heterocycles. The third-order valence-electron chi connectivity index (χ3n) is 2.85. The Hall–Kier alpha value is -1.07. The van der Waals surface area contributed by atoms with Crippen molar-refractivity contribution < 1.29 is 8.42 Å². The summed E-state index contributed by atoms with van der Waals surface area (Å²) in [4.78, 5) is 2.04. The van der Waals surface area contributed by atoms with E-state index in [0.29, 0.717) is 12.8 Å². The summed E-state index contributed by atoms with van der Waals surface area (Å²) in [5, 5.41) is 0. The van der Waals surface area contributed by atoms with E-state index in [-0.39, 0.29) is 11.8 Å². The minimum Gasteiger partial charge on any atom is -0.378 e. The highest BCUT2D eigenvalue weighted by Crippen LogP contribution is 2.13. The fourth-order valence-corrected chi connectivity index (χ4v) is 3.31. The van der Waals surface area contributed by atoms with Gasteiger partial charge in [-0.25, -0.2) is 13.1 Å². The summed E-state index contributed by atoms with van der Waals surface area (Å²) >= 11 is 0. The lowest BCUT2D eigenvalue weighted by atomic mass is 10.1. The van der Waals surface area contributed by atoms with Crippen LogP contribution in [0.2, 0.25) is 0 Å². The lowest BCUT2D eigenvalue weighted by Gasteiger charge is -2.16. The molecule has 0 saturated carbocycles. The van der Waals surface area contributed by atoms with E-state index >= 15 is 0 Å². The molecule has 0 bridgehead atoms. The van der Waals surface area contributed by atoms with Crippen LogP contribution in [0.15, 0.2) is 24.3 Å². The molecule has 1 N–H and O–H groups in total. The predicted octanol–water partition coefficient (Wildman–Crippen LogP) is 2.01. The maximum Gasteiger partial charge on any atom is 0.211 e. The van der Waals surface area contributed by atoms with E-state index in [1.54, 1.807) is 0 Å². The highest BCUT2D eigenvalue weighted by atomic mass is 32.2. The van der Waals surface area contributed by atoms with Gasteiger partial charge in [0.1, 0.15) is 0 Å². The van der Waals surface area contributed by atoms with Gasteiger partial charge in [0.25, 0.3) is 0 Å². The molecule has 1 atom stereocenters. The van der Waals surface area contributed by atoms with Gasteiger partial charge < -0.3 is 4.90 Å². The predicted molar refractivity (Wildman–Crippen MR) is 81.1 cm³/mol. The summed E-state index contributed by atoms with van der Waals surface area (Å²) < 4.78 is 26.0. The lowest BCUT2D eigenvalue weighted by Crippen LogP contribution is -2.35. The molecule has 0 aliphatic carbocycles. The standard InChI is InChI=1S/C14H24N2O2S/c1-5-10-19(17,18)15-12(2)11-13-6-8-14(9-7-13)16(3)4/h6-9,12,15H,5,10-11H2,1-4H3/t12-/m1/s1. The minimum absolute atomic E-state index is 0.0817. The first-order valence-electron chi connectivity index (χ1n) is 6.60. The Balaban J connectivity index is 2.59. The van der Waals surface area contributed by atoms with E-state index in [4.69, 9.17) is 0 Å². The topological polar surface area (TPSA) is 49.4 Å². The van der Waals surface area contributed by atoms with Gasteiger partial charge in [-0.05, 0) is 37.5 Å². The third-order valence-corrected chi connectivity index (χ3v) is 4.56. The van der Waals surface area contributed by atoms with Crippen LogP contribution in [-0.2, 0) is 16.4 Å². The highest BCUT2D eigenvalue weighted by molar-refractivity contribution is 7.89. The van der Waals surface area contributed by atoms with Gasteiger partial charge in [0.05, 0.1) is 5.75 Å². The van der Waals surface area contributed by atoms with Gasteiger partial charge in [-0.15, -0.1) is 0 Å². The van der Waals surface area contributed by atoms with E-state index < -0.39 is 10.0 Å². The van der Waals surface area contributed by atoms with Crippen LogP contribution in [0.1, 0.15) is 25.8 Å². The first-order chi connectivity index (χ1) is 8.84. The van der Waals surface area contributed by atoms with Crippen LogP contribution < -0.4 is 9.62 Å². The van der Waals surface area contributed by atoms with Gasteiger partial charge in [-0.2, -0.15) is 0 Å². The Labute approximate surface area is 116 Å². The average Bonchev–Trinajstić information content (AvgIpc) is 2.28. The minimum atomic E-state index is -3.13. The molecule has 0 spiro atoms. The number of rotatable bonds is 7. The number of anilines is 1. The first kappa shape index (κ1) is 16.0. The first-order valence-corrected chi connectivity index (χ1v) is 8.25. The Morgan fingerprint density at radius 2 is 1.79 bits per heavy atom. The zero-order valence-electron chi connectivity index (χ0n) is 12.2. The van der Waals surface area contributed by atoms with Crippen LogP contribution in [0.5, 0.6) is 0 Å². The molecular formula is C14H24N2O2S. The smallest absolute Gasteiger partial charge is 0.211 e. The molecule has 108 valence electrons. The van der Waals surface area contributed by atoms with Crippen molar-refractivity contribution in [2.45, 2.75) is 32.7 Å². The maximum absolute atomic E-state index is 11.7. The third kappa shape index (κ3) is 5.61. The molecule has 1 aromatic carbocycles. The molecule has 0 aromatic heterocycles. The molecule has 1 rings (SSSR count). The van der Waals surface area contributed by atoms with E-state index in [2.05, 4.69) is 4.72 Å². The Bertz CT molecular complexity index is 481. The number of benzene rings is 1. The molecule has 0 unspecified atom stereocenters. The summed E-state index contributed by atoms with van der Waals surface area (Å²) in [6.07, 6.45) is 1.34. The molecule has 0 heterocycles. The molecule has 0 fully saturated rings. The summed E-state index contributed by atoms with van der Waals surface area (Å²) in [6, 6.07) is 8.09. The lowest BCUT2D eigenvalue weighted by molar-refractivity contribution is 0.558. The molecule has 0 amide bonds. The molecule has 19 heavy (non-hydrogen) atoms. The van der Waals surface area contributed by atoms with E-state index in [1.165, 1.54) is 0 Å². The molecule has 4 nitrogen and oxygen atoms in total. The van der Waals surface area contributed by atoms with E-state index in [0.717, 1.165) is 11.3 Å². The van der Waals surface area contributed by atoms with Crippen molar-refractivity contribution in [3.05, 3.63) is 29.8 Å². The quantitative estimate of drug-likeness (QED) is 0.833. The van der Waals surface area contributed by atoms with Crippen LogP contribution in [0, 0.1) is 0 Å². The van der Waals surface area contributed by atoms with Crippen molar-refractivity contribution in [3.63, 3.8) is 0 Å². The summed E-state index contributed by atoms with van der Waals surface area (Å²) in [6.45, 7) is 3.76. The fraction of sp³-hybridized carbons (Fsp3) is 0.571. The van der Waals surface area contributed by atoms with Gasteiger partial charge in [0, 0.05) is 25.8 Å². The Morgan fingerprint density at radius 1 is 1.21 bits per heavy atom. The molecule has 0 aliphatic heterocycles. The number of sulfonamides is 1. The van der Waals surface area contributed by atoms with Crippen LogP contribution in [0.3, 0.4) is 0 Å². The van der Waals surface area contributed by atoms with Gasteiger partial charge in [-0.3, -0.25) is 0 Å². The summed E-state index contributed by atoms with van der Waals surface area (Å²) in [5.41, 5.74) is 2.28.